The molecule has 0 amide bonds. The Bertz CT molecular complexity index is 146. The Morgan fingerprint density at radius 2 is 1.91 bits per heavy atom. The van der Waals surface area contributed by atoms with E-state index in [4.69, 9.17) is 10.2 Å². The summed E-state index contributed by atoms with van der Waals surface area (Å²) in [6, 6.07) is 0. The number of carbonyl (C=O) groups is 1. The van der Waals surface area contributed by atoms with Crippen LogP contribution in [0.15, 0.2) is 0 Å². The van der Waals surface area contributed by atoms with E-state index in [9.17, 15) is 4.79 Å². The molecule has 0 saturated carbocycles. The number of aliphatic hydroxyl groups is 2. The number of ether oxygens (including phenoxy) is 2. The molecule has 11 heavy (non-hydrogen) atoms. The molecule has 2 N–H and O–H groups in total. The molecule has 5 heteroatoms. The maximum Gasteiger partial charge on any atom is 0.509 e. The standard InChI is InChI=1S/C6H10O5/c7-2-1-4-5(3-8)11-6(9)10-4/h4-5,7-8H,1-3H2. The Balaban J connectivity index is 2.43. The summed E-state index contributed by atoms with van der Waals surface area (Å²) in [7, 11) is 0. The second-order valence-electron chi connectivity index (χ2n) is 2.26. The zero-order valence-electron chi connectivity index (χ0n) is 5.90. The van der Waals surface area contributed by atoms with Crippen LogP contribution in [0.25, 0.3) is 0 Å². The monoisotopic (exact) mass is 162 g/mol. The highest BCUT2D eigenvalue weighted by Crippen LogP contribution is 2.16. The summed E-state index contributed by atoms with van der Waals surface area (Å²) < 4.78 is 9.18. The smallest absolute Gasteiger partial charge is 0.427 e. The van der Waals surface area contributed by atoms with Crippen LogP contribution in [-0.4, -0.2) is 41.8 Å². The highest BCUT2D eigenvalue weighted by Gasteiger charge is 2.35. The molecule has 1 rings (SSSR count). The molecule has 2 atom stereocenters. The number of hydrogen-bond donors (Lipinski definition) is 2. The van der Waals surface area contributed by atoms with Gasteiger partial charge in [0.15, 0.2) is 6.10 Å². The van der Waals surface area contributed by atoms with Crippen molar-refractivity contribution in [3.8, 4) is 0 Å². The first-order valence-electron chi connectivity index (χ1n) is 3.37. The molecule has 5 nitrogen and oxygen atoms in total. The van der Waals surface area contributed by atoms with Gasteiger partial charge in [0.2, 0.25) is 0 Å². The average molecular weight is 162 g/mol. The van der Waals surface area contributed by atoms with E-state index in [0.717, 1.165) is 0 Å². The lowest BCUT2D eigenvalue weighted by molar-refractivity contribution is 0.0718. The topological polar surface area (TPSA) is 76.0 Å². The molecular weight excluding hydrogens is 152 g/mol. The summed E-state index contributed by atoms with van der Waals surface area (Å²) >= 11 is 0. The number of carbonyl (C=O) groups excluding carboxylic acids is 1. The summed E-state index contributed by atoms with van der Waals surface area (Å²) in [5.74, 6) is 0. The van der Waals surface area contributed by atoms with Crippen LogP contribution in [0.3, 0.4) is 0 Å². The minimum atomic E-state index is -0.775. The summed E-state index contributed by atoms with van der Waals surface area (Å²) in [4.78, 5) is 10.5. The maximum atomic E-state index is 10.5. The van der Waals surface area contributed by atoms with E-state index in [1.807, 2.05) is 0 Å². The van der Waals surface area contributed by atoms with Crippen LogP contribution < -0.4 is 0 Å². The molecule has 0 aromatic carbocycles. The third-order valence-electron chi connectivity index (χ3n) is 1.50. The molecule has 1 aliphatic rings. The first-order valence-corrected chi connectivity index (χ1v) is 3.37. The lowest BCUT2D eigenvalue weighted by atomic mass is 10.1. The van der Waals surface area contributed by atoms with Crippen molar-refractivity contribution < 1.29 is 24.5 Å². The fraction of sp³-hybridized carbons (Fsp3) is 0.833. The Morgan fingerprint density at radius 3 is 2.45 bits per heavy atom. The zero-order chi connectivity index (χ0) is 8.27. The maximum absolute atomic E-state index is 10.5. The van der Waals surface area contributed by atoms with Gasteiger partial charge < -0.3 is 19.7 Å². The van der Waals surface area contributed by atoms with Gasteiger partial charge in [-0.25, -0.2) is 4.79 Å². The molecule has 0 aromatic rings. The SMILES string of the molecule is O=C1OC(CO)C(CCO)O1. The largest absolute Gasteiger partial charge is 0.509 e. The molecule has 64 valence electrons. The van der Waals surface area contributed by atoms with E-state index in [2.05, 4.69) is 9.47 Å². The van der Waals surface area contributed by atoms with Crippen molar-refractivity contribution in [2.75, 3.05) is 13.2 Å². The van der Waals surface area contributed by atoms with Gasteiger partial charge in [-0.1, -0.05) is 0 Å². The van der Waals surface area contributed by atoms with Gasteiger partial charge in [0, 0.05) is 13.0 Å². The summed E-state index contributed by atoms with van der Waals surface area (Å²) in [5.41, 5.74) is 0. The molecule has 0 aromatic heterocycles. The number of rotatable bonds is 3. The lowest BCUT2D eigenvalue weighted by Gasteiger charge is -2.10. The third kappa shape index (κ3) is 1.81. The highest BCUT2D eigenvalue weighted by molar-refractivity contribution is 5.62. The number of cyclic esters (lactones) is 2. The molecule has 1 heterocycles. The van der Waals surface area contributed by atoms with Gasteiger partial charge in [-0.05, 0) is 0 Å². The Kier molecular flexibility index (Phi) is 2.67. The van der Waals surface area contributed by atoms with E-state index < -0.39 is 18.4 Å². The van der Waals surface area contributed by atoms with Crippen LogP contribution in [0.5, 0.6) is 0 Å². The van der Waals surface area contributed by atoms with E-state index in [1.165, 1.54) is 0 Å². The van der Waals surface area contributed by atoms with Crippen LogP contribution in [-0.2, 0) is 9.47 Å². The van der Waals surface area contributed by atoms with Crippen molar-refractivity contribution in [3.05, 3.63) is 0 Å². The van der Waals surface area contributed by atoms with Crippen molar-refractivity contribution in [2.45, 2.75) is 18.6 Å². The molecule has 0 aliphatic carbocycles. The molecular formula is C6H10O5. The molecule has 1 saturated heterocycles. The number of aliphatic hydroxyl groups excluding tert-OH is 2. The van der Waals surface area contributed by atoms with E-state index >= 15 is 0 Å². The van der Waals surface area contributed by atoms with Gasteiger partial charge in [0.1, 0.15) is 6.10 Å². The number of hydrogen-bond acceptors (Lipinski definition) is 5. The normalized spacial score (nSPS) is 29.8. The van der Waals surface area contributed by atoms with Crippen LogP contribution in [0.2, 0.25) is 0 Å². The second-order valence-corrected chi connectivity index (χ2v) is 2.26. The van der Waals surface area contributed by atoms with Crippen molar-refractivity contribution in [1.29, 1.82) is 0 Å². The van der Waals surface area contributed by atoms with E-state index in [1.54, 1.807) is 0 Å². The first kappa shape index (κ1) is 8.29. The Labute approximate surface area is 63.5 Å². The minimum absolute atomic E-state index is 0.0855. The molecule has 0 radical (unpaired) electrons. The predicted octanol–water partition coefficient (Wildman–Crippen LogP) is -0.735. The third-order valence-corrected chi connectivity index (χ3v) is 1.50. The van der Waals surface area contributed by atoms with Gasteiger partial charge in [0.05, 0.1) is 6.61 Å². The summed E-state index contributed by atoms with van der Waals surface area (Å²) in [5, 5.41) is 17.1. The predicted molar refractivity (Wildman–Crippen MR) is 33.9 cm³/mol. The van der Waals surface area contributed by atoms with Crippen molar-refractivity contribution >= 4 is 6.16 Å². The van der Waals surface area contributed by atoms with Crippen molar-refractivity contribution in [3.63, 3.8) is 0 Å². The quantitative estimate of drug-likeness (QED) is 0.535. The van der Waals surface area contributed by atoms with E-state index in [0.29, 0.717) is 6.42 Å². The van der Waals surface area contributed by atoms with Gasteiger partial charge in [-0.2, -0.15) is 0 Å². The highest BCUT2D eigenvalue weighted by atomic mass is 16.8. The van der Waals surface area contributed by atoms with Gasteiger partial charge >= 0.3 is 6.16 Å². The van der Waals surface area contributed by atoms with Gasteiger partial charge in [-0.3, -0.25) is 0 Å². The minimum Gasteiger partial charge on any atom is -0.427 e. The van der Waals surface area contributed by atoms with Crippen molar-refractivity contribution in [1.82, 2.24) is 0 Å². The van der Waals surface area contributed by atoms with Gasteiger partial charge in [-0.15, -0.1) is 0 Å². The fourth-order valence-corrected chi connectivity index (χ4v) is 0.954. The average Bonchev–Trinajstić information content (AvgIpc) is 2.32. The Morgan fingerprint density at radius 1 is 1.27 bits per heavy atom. The molecule has 1 aliphatic heterocycles. The second kappa shape index (κ2) is 3.54. The lowest BCUT2D eigenvalue weighted by Crippen LogP contribution is -2.26. The fourth-order valence-electron chi connectivity index (χ4n) is 0.954. The molecule has 0 spiro atoms. The van der Waals surface area contributed by atoms with Crippen LogP contribution in [0.4, 0.5) is 4.79 Å². The summed E-state index contributed by atoms with van der Waals surface area (Å²) in [6.45, 7) is -0.353. The molecule has 2 unspecified atom stereocenters. The summed E-state index contributed by atoms with van der Waals surface area (Å²) in [6.07, 6.45) is -1.59. The first-order chi connectivity index (χ1) is 5.27. The Hall–Kier alpha value is -0.810. The molecule has 0 bridgehead atoms. The zero-order valence-corrected chi connectivity index (χ0v) is 5.90. The van der Waals surface area contributed by atoms with Crippen molar-refractivity contribution in [2.24, 2.45) is 0 Å². The van der Waals surface area contributed by atoms with Crippen LogP contribution in [0.1, 0.15) is 6.42 Å². The van der Waals surface area contributed by atoms with Gasteiger partial charge in [0.25, 0.3) is 0 Å². The van der Waals surface area contributed by atoms with Crippen LogP contribution in [0, 0.1) is 0 Å². The molecule has 1 fully saturated rings. The van der Waals surface area contributed by atoms with E-state index in [-0.39, 0.29) is 13.2 Å². The van der Waals surface area contributed by atoms with Crippen LogP contribution >= 0.6 is 0 Å².